The first-order valence-corrected chi connectivity index (χ1v) is 8.78. The highest BCUT2D eigenvalue weighted by Gasteiger charge is 2.53. The van der Waals surface area contributed by atoms with Crippen LogP contribution in [0.3, 0.4) is 0 Å². The third-order valence-electron chi connectivity index (χ3n) is 5.07. The van der Waals surface area contributed by atoms with Crippen LogP contribution in [0.1, 0.15) is 25.3 Å². The molecule has 7 heteroatoms. The highest BCUT2D eigenvalue weighted by Crippen LogP contribution is 2.45. The Morgan fingerprint density at radius 2 is 2.16 bits per heavy atom. The lowest BCUT2D eigenvalue weighted by atomic mass is 9.89. The molecule has 6 nitrogen and oxygen atoms in total. The summed E-state index contributed by atoms with van der Waals surface area (Å²) in [5.41, 5.74) is 1.31. The van der Waals surface area contributed by atoms with E-state index < -0.39 is 5.54 Å². The van der Waals surface area contributed by atoms with Crippen LogP contribution in [0.15, 0.2) is 36.4 Å². The Hall–Kier alpha value is -2.18. The SMILES string of the molecule is CC[C@@]12C[C@@H](OCc3ccccc3)CN1c1cc(Cl)nnc1NC2=O. The molecule has 0 aliphatic carbocycles. The standard InChI is InChI=1S/C18H19ClN4O2/c1-2-18-9-13(25-11-12-6-4-3-5-7-12)10-23(18)14-8-15(19)21-22-16(14)20-17(18)24/h3-8,13H,2,9-11H2,1H3,(H,20,22,24)/t13-,18+/m1/s1. The third kappa shape index (κ3) is 2.75. The minimum Gasteiger partial charge on any atom is -0.372 e. The van der Waals surface area contributed by atoms with Gasteiger partial charge in [0.15, 0.2) is 11.0 Å². The Balaban J connectivity index is 1.60. The number of benzene rings is 1. The maximum atomic E-state index is 12.8. The van der Waals surface area contributed by atoms with Gasteiger partial charge >= 0.3 is 0 Å². The molecule has 130 valence electrons. The number of nitrogens with zero attached hydrogens (tertiary/aromatic N) is 3. The largest absolute Gasteiger partial charge is 0.372 e. The lowest BCUT2D eigenvalue weighted by Gasteiger charge is -2.41. The number of hydrogen-bond donors (Lipinski definition) is 1. The van der Waals surface area contributed by atoms with Crippen molar-refractivity contribution in [2.45, 2.75) is 38.0 Å². The number of amides is 1. The summed E-state index contributed by atoms with van der Waals surface area (Å²) >= 11 is 6.03. The predicted octanol–water partition coefficient (Wildman–Crippen LogP) is 3.03. The molecule has 3 heterocycles. The van der Waals surface area contributed by atoms with E-state index in [1.165, 1.54) is 0 Å². The molecule has 1 fully saturated rings. The van der Waals surface area contributed by atoms with Crippen molar-refractivity contribution in [1.82, 2.24) is 10.2 Å². The van der Waals surface area contributed by atoms with Gasteiger partial charge in [0.1, 0.15) is 5.54 Å². The lowest BCUT2D eigenvalue weighted by molar-refractivity contribution is -0.121. The Morgan fingerprint density at radius 1 is 1.36 bits per heavy atom. The van der Waals surface area contributed by atoms with Crippen molar-refractivity contribution < 1.29 is 9.53 Å². The van der Waals surface area contributed by atoms with Gasteiger partial charge in [-0.05, 0) is 12.0 Å². The Bertz CT molecular complexity index is 801. The first-order chi connectivity index (χ1) is 12.1. The van der Waals surface area contributed by atoms with Gasteiger partial charge in [-0.25, -0.2) is 0 Å². The van der Waals surface area contributed by atoms with Crippen LogP contribution in [0.2, 0.25) is 5.15 Å². The molecule has 2 aliphatic rings. The van der Waals surface area contributed by atoms with Gasteiger partial charge in [-0.3, -0.25) is 4.79 Å². The second-order valence-corrected chi connectivity index (χ2v) is 6.86. The normalized spacial score (nSPS) is 24.6. The zero-order valence-corrected chi connectivity index (χ0v) is 14.7. The molecule has 0 unspecified atom stereocenters. The van der Waals surface area contributed by atoms with E-state index in [-0.39, 0.29) is 12.0 Å². The number of carbonyl (C=O) groups is 1. The molecule has 0 spiro atoms. The molecule has 2 atom stereocenters. The summed E-state index contributed by atoms with van der Waals surface area (Å²) in [6, 6.07) is 11.8. The monoisotopic (exact) mass is 358 g/mol. The van der Waals surface area contributed by atoms with Gasteiger partial charge in [-0.15, -0.1) is 10.2 Å². The first-order valence-electron chi connectivity index (χ1n) is 8.40. The highest BCUT2D eigenvalue weighted by atomic mass is 35.5. The highest BCUT2D eigenvalue weighted by molar-refractivity contribution is 6.29. The van der Waals surface area contributed by atoms with Crippen LogP contribution in [0, 0.1) is 0 Å². The number of nitrogens with one attached hydrogen (secondary N) is 1. The second kappa shape index (κ2) is 6.28. The van der Waals surface area contributed by atoms with Crippen molar-refractivity contribution in [3.63, 3.8) is 0 Å². The van der Waals surface area contributed by atoms with E-state index in [1.807, 2.05) is 37.3 Å². The van der Waals surface area contributed by atoms with Crippen molar-refractivity contribution in [1.29, 1.82) is 0 Å². The summed E-state index contributed by atoms with van der Waals surface area (Å²) in [5, 5.41) is 11.0. The number of rotatable bonds is 4. The van der Waals surface area contributed by atoms with E-state index in [2.05, 4.69) is 20.4 Å². The summed E-state index contributed by atoms with van der Waals surface area (Å²) in [7, 11) is 0. The topological polar surface area (TPSA) is 67.3 Å². The summed E-state index contributed by atoms with van der Waals surface area (Å²) in [5.74, 6) is 0.409. The molecule has 2 aromatic rings. The number of aromatic nitrogens is 2. The van der Waals surface area contributed by atoms with Gasteiger partial charge in [-0.2, -0.15) is 0 Å². The summed E-state index contributed by atoms with van der Waals surface area (Å²) in [6.45, 7) is 3.18. The summed E-state index contributed by atoms with van der Waals surface area (Å²) in [4.78, 5) is 14.9. The molecule has 1 amide bonds. The second-order valence-electron chi connectivity index (χ2n) is 6.47. The van der Waals surface area contributed by atoms with Crippen LogP contribution >= 0.6 is 11.6 Å². The average molecular weight is 359 g/mol. The van der Waals surface area contributed by atoms with Crippen LogP contribution in [0.25, 0.3) is 0 Å². The number of anilines is 2. The Morgan fingerprint density at radius 3 is 2.92 bits per heavy atom. The van der Waals surface area contributed by atoms with Gasteiger partial charge in [-0.1, -0.05) is 48.9 Å². The van der Waals surface area contributed by atoms with Gasteiger partial charge in [0.2, 0.25) is 0 Å². The molecule has 1 aromatic heterocycles. The van der Waals surface area contributed by atoms with Gasteiger partial charge in [0.25, 0.3) is 5.91 Å². The maximum Gasteiger partial charge on any atom is 0.251 e. The van der Waals surface area contributed by atoms with Crippen molar-refractivity contribution in [2.75, 3.05) is 16.8 Å². The number of halogens is 1. The molecular weight excluding hydrogens is 340 g/mol. The van der Waals surface area contributed by atoms with E-state index >= 15 is 0 Å². The van der Waals surface area contributed by atoms with E-state index in [0.29, 0.717) is 37.0 Å². The zero-order valence-electron chi connectivity index (χ0n) is 13.9. The minimum atomic E-state index is -0.624. The number of ether oxygens (including phenoxy) is 1. The van der Waals surface area contributed by atoms with E-state index in [9.17, 15) is 4.79 Å². The van der Waals surface area contributed by atoms with Crippen molar-refractivity contribution in [3.8, 4) is 0 Å². The van der Waals surface area contributed by atoms with Gasteiger partial charge < -0.3 is 15.0 Å². The summed E-state index contributed by atoms with van der Waals surface area (Å²) < 4.78 is 6.11. The van der Waals surface area contributed by atoms with Crippen molar-refractivity contribution >= 4 is 29.0 Å². The fraction of sp³-hybridized carbons (Fsp3) is 0.389. The van der Waals surface area contributed by atoms with Gasteiger partial charge in [0.05, 0.1) is 18.4 Å². The smallest absolute Gasteiger partial charge is 0.251 e. The Labute approximate surface area is 151 Å². The van der Waals surface area contributed by atoms with Crippen LogP contribution in [-0.4, -0.2) is 34.3 Å². The maximum absolute atomic E-state index is 12.8. The molecule has 1 saturated heterocycles. The summed E-state index contributed by atoms with van der Waals surface area (Å²) in [6.07, 6.45) is 1.29. The van der Waals surface area contributed by atoms with Crippen LogP contribution in [0.4, 0.5) is 11.5 Å². The molecule has 0 saturated carbocycles. The third-order valence-corrected chi connectivity index (χ3v) is 5.26. The molecule has 0 bridgehead atoms. The Kier molecular flexibility index (Phi) is 4.09. The molecule has 1 N–H and O–H groups in total. The predicted molar refractivity (Wildman–Crippen MR) is 95.7 cm³/mol. The molecule has 4 rings (SSSR count). The molecule has 0 radical (unpaired) electrons. The number of fused-ring (bicyclic) bond motifs is 3. The number of carbonyl (C=O) groups excluding carboxylic acids is 1. The average Bonchev–Trinajstić information content (AvgIpc) is 3.03. The lowest BCUT2D eigenvalue weighted by Crippen LogP contribution is -2.56. The quantitative estimate of drug-likeness (QED) is 0.909. The zero-order chi connectivity index (χ0) is 17.4. The first kappa shape index (κ1) is 16.3. The molecule has 2 aliphatic heterocycles. The van der Waals surface area contributed by atoms with Crippen LogP contribution < -0.4 is 10.2 Å². The van der Waals surface area contributed by atoms with Crippen molar-refractivity contribution in [2.24, 2.45) is 0 Å². The van der Waals surface area contributed by atoms with Crippen LogP contribution in [-0.2, 0) is 16.1 Å². The van der Waals surface area contributed by atoms with Gasteiger partial charge in [0, 0.05) is 19.0 Å². The molecular formula is C18H19ClN4O2. The van der Waals surface area contributed by atoms with Crippen molar-refractivity contribution in [3.05, 3.63) is 47.1 Å². The van der Waals surface area contributed by atoms with E-state index in [0.717, 1.165) is 11.3 Å². The van der Waals surface area contributed by atoms with Crippen LogP contribution in [0.5, 0.6) is 0 Å². The molecule has 25 heavy (non-hydrogen) atoms. The van der Waals surface area contributed by atoms with E-state index in [4.69, 9.17) is 16.3 Å². The molecule has 1 aromatic carbocycles. The minimum absolute atomic E-state index is 0.0382. The fourth-order valence-corrected chi connectivity index (χ4v) is 3.89. The van der Waals surface area contributed by atoms with E-state index in [1.54, 1.807) is 6.07 Å². The fourth-order valence-electron chi connectivity index (χ4n) is 3.75. The number of hydrogen-bond acceptors (Lipinski definition) is 5.